The van der Waals surface area contributed by atoms with Gasteiger partial charge < -0.3 is 0 Å². The Kier molecular flexibility index (Phi) is 3.86. The summed E-state index contributed by atoms with van der Waals surface area (Å²) >= 11 is 2.94. The second-order valence-electron chi connectivity index (χ2n) is 5.66. The standard InChI is InChI=1S/C18H14N2O2S2/c1-11-5-4-6-12(9-11)20-16(21)10-15(17(20)22)24-18-19-13-7-2-3-8-14(13)23-18/h2-9,15H,10H2,1H3. The Labute approximate surface area is 147 Å². The third-order valence-corrected chi connectivity index (χ3v) is 6.20. The summed E-state index contributed by atoms with van der Waals surface area (Å²) in [5.74, 6) is -0.306. The molecule has 1 unspecified atom stereocenters. The lowest BCUT2D eigenvalue weighted by Crippen LogP contribution is -2.31. The number of thioether (sulfide) groups is 1. The second-order valence-corrected chi connectivity index (χ2v) is 8.15. The summed E-state index contributed by atoms with van der Waals surface area (Å²) in [6, 6.07) is 15.3. The summed E-state index contributed by atoms with van der Waals surface area (Å²) < 4.78 is 1.92. The van der Waals surface area contributed by atoms with Crippen LogP contribution in [0.5, 0.6) is 0 Å². The van der Waals surface area contributed by atoms with Crippen molar-refractivity contribution in [1.82, 2.24) is 4.98 Å². The van der Waals surface area contributed by atoms with Crippen LogP contribution in [0.3, 0.4) is 0 Å². The summed E-state index contributed by atoms with van der Waals surface area (Å²) in [6.07, 6.45) is 0.216. The van der Waals surface area contributed by atoms with Crippen molar-refractivity contribution in [1.29, 1.82) is 0 Å². The number of benzene rings is 2. The van der Waals surface area contributed by atoms with Crippen molar-refractivity contribution in [3.63, 3.8) is 0 Å². The first-order valence-corrected chi connectivity index (χ1v) is 9.27. The number of carbonyl (C=O) groups excluding carboxylic acids is 2. The van der Waals surface area contributed by atoms with E-state index in [1.807, 2.05) is 49.4 Å². The van der Waals surface area contributed by atoms with E-state index in [0.717, 1.165) is 20.1 Å². The SMILES string of the molecule is Cc1cccc(N2C(=O)CC(Sc3nc4ccccc4s3)C2=O)c1. The van der Waals surface area contributed by atoms with Crippen LogP contribution in [0.15, 0.2) is 52.9 Å². The maximum absolute atomic E-state index is 12.7. The number of aromatic nitrogens is 1. The van der Waals surface area contributed by atoms with Gasteiger partial charge in [0.15, 0.2) is 4.34 Å². The minimum Gasteiger partial charge on any atom is -0.274 e. The molecule has 4 rings (SSSR count). The van der Waals surface area contributed by atoms with Crippen LogP contribution in [0, 0.1) is 6.92 Å². The second kappa shape index (κ2) is 6.03. The lowest BCUT2D eigenvalue weighted by molar-refractivity contribution is -0.121. The van der Waals surface area contributed by atoms with Crippen LogP contribution < -0.4 is 4.90 Å². The Bertz CT molecular complexity index is 918. The number of rotatable bonds is 3. The van der Waals surface area contributed by atoms with Gasteiger partial charge in [-0.05, 0) is 36.8 Å². The molecule has 1 aliphatic heterocycles. The molecule has 2 heterocycles. The highest BCUT2D eigenvalue weighted by atomic mass is 32.2. The molecule has 1 aromatic heterocycles. The number of imide groups is 1. The van der Waals surface area contributed by atoms with E-state index in [4.69, 9.17) is 0 Å². The van der Waals surface area contributed by atoms with Gasteiger partial charge in [0, 0.05) is 6.42 Å². The van der Waals surface area contributed by atoms with E-state index in [-0.39, 0.29) is 18.2 Å². The molecule has 0 spiro atoms. The van der Waals surface area contributed by atoms with Crippen LogP contribution in [0.25, 0.3) is 10.2 Å². The largest absolute Gasteiger partial charge is 0.274 e. The number of aryl methyl sites for hydroxylation is 1. The van der Waals surface area contributed by atoms with Gasteiger partial charge in [-0.3, -0.25) is 9.59 Å². The van der Waals surface area contributed by atoms with Crippen molar-refractivity contribution >= 4 is 50.8 Å². The molecular formula is C18H14N2O2S2. The molecule has 4 nitrogen and oxygen atoms in total. The molecular weight excluding hydrogens is 340 g/mol. The Morgan fingerprint density at radius 3 is 2.79 bits per heavy atom. The van der Waals surface area contributed by atoms with E-state index in [0.29, 0.717) is 5.69 Å². The van der Waals surface area contributed by atoms with Crippen LogP contribution in [-0.2, 0) is 9.59 Å². The van der Waals surface area contributed by atoms with Crippen LogP contribution in [-0.4, -0.2) is 22.0 Å². The summed E-state index contributed by atoms with van der Waals surface area (Å²) in [7, 11) is 0. The molecule has 24 heavy (non-hydrogen) atoms. The fourth-order valence-corrected chi connectivity index (χ4v) is 5.09. The Balaban J connectivity index is 1.59. The zero-order valence-corrected chi connectivity index (χ0v) is 14.6. The monoisotopic (exact) mass is 354 g/mol. The average Bonchev–Trinajstić information content (AvgIpc) is 3.08. The lowest BCUT2D eigenvalue weighted by atomic mass is 10.2. The molecule has 0 bridgehead atoms. The van der Waals surface area contributed by atoms with Gasteiger partial charge in [0.05, 0.1) is 15.9 Å². The van der Waals surface area contributed by atoms with Crippen LogP contribution in [0.1, 0.15) is 12.0 Å². The fourth-order valence-electron chi connectivity index (χ4n) is 2.76. The zero-order valence-electron chi connectivity index (χ0n) is 12.9. The maximum atomic E-state index is 12.7. The van der Waals surface area contributed by atoms with Crippen LogP contribution in [0.4, 0.5) is 5.69 Å². The van der Waals surface area contributed by atoms with Crippen molar-refractivity contribution in [2.45, 2.75) is 22.9 Å². The van der Waals surface area contributed by atoms with E-state index < -0.39 is 5.25 Å². The van der Waals surface area contributed by atoms with E-state index >= 15 is 0 Å². The first-order chi connectivity index (χ1) is 11.6. The summed E-state index contributed by atoms with van der Waals surface area (Å²) in [5.41, 5.74) is 2.60. The molecule has 1 saturated heterocycles. The zero-order chi connectivity index (χ0) is 16.7. The molecule has 2 aromatic carbocycles. The summed E-state index contributed by atoms with van der Waals surface area (Å²) in [6.45, 7) is 1.95. The number of carbonyl (C=O) groups is 2. The Hall–Kier alpha value is -2.18. The highest BCUT2D eigenvalue weighted by molar-refractivity contribution is 8.02. The first kappa shape index (κ1) is 15.4. The number of anilines is 1. The summed E-state index contributed by atoms with van der Waals surface area (Å²) in [5, 5.41) is -0.404. The molecule has 2 amide bonds. The average molecular weight is 354 g/mol. The van der Waals surface area contributed by atoms with Crippen LogP contribution >= 0.6 is 23.1 Å². The topological polar surface area (TPSA) is 50.3 Å². The molecule has 6 heteroatoms. The lowest BCUT2D eigenvalue weighted by Gasteiger charge is -2.15. The van der Waals surface area contributed by atoms with Crippen molar-refractivity contribution in [2.24, 2.45) is 0 Å². The summed E-state index contributed by atoms with van der Waals surface area (Å²) in [4.78, 5) is 30.9. The van der Waals surface area contributed by atoms with E-state index in [1.54, 1.807) is 17.4 Å². The van der Waals surface area contributed by atoms with Crippen molar-refractivity contribution < 1.29 is 9.59 Å². The molecule has 1 fully saturated rings. The number of amides is 2. The molecule has 0 N–H and O–H groups in total. The molecule has 0 radical (unpaired) electrons. The van der Waals surface area contributed by atoms with Gasteiger partial charge in [-0.2, -0.15) is 0 Å². The third-order valence-electron chi connectivity index (χ3n) is 3.88. The number of thiazole rings is 1. The molecule has 0 saturated carbocycles. The quantitative estimate of drug-likeness (QED) is 0.667. The maximum Gasteiger partial charge on any atom is 0.247 e. The number of nitrogens with zero attached hydrogens (tertiary/aromatic N) is 2. The minimum absolute atomic E-state index is 0.149. The Morgan fingerprint density at radius 1 is 1.17 bits per heavy atom. The van der Waals surface area contributed by atoms with Gasteiger partial charge in [0.2, 0.25) is 11.8 Å². The predicted octanol–water partition coefficient (Wildman–Crippen LogP) is 4.03. The first-order valence-electron chi connectivity index (χ1n) is 7.57. The van der Waals surface area contributed by atoms with Gasteiger partial charge in [0.25, 0.3) is 0 Å². The minimum atomic E-state index is -0.404. The molecule has 1 aliphatic rings. The van der Waals surface area contributed by atoms with Gasteiger partial charge in [0.1, 0.15) is 5.25 Å². The smallest absolute Gasteiger partial charge is 0.247 e. The number of hydrogen-bond acceptors (Lipinski definition) is 5. The van der Waals surface area contributed by atoms with Crippen molar-refractivity contribution in [2.75, 3.05) is 4.90 Å². The molecule has 3 aromatic rings. The Morgan fingerprint density at radius 2 is 2.00 bits per heavy atom. The molecule has 0 aliphatic carbocycles. The van der Waals surface area contributed by atoms with Gasteiger partial charge >= 0.3 is 0 Å². The van der Waals surface area contributed by atoms with E-state index in [2.05, 4.69) is 4.98 Å². The van der Waals surface area contributed by atoms with Gasteiger partial charge in [-0.25, -0.2) is 9.88 Å². The van der Waals surface area contributed by atoms with Gasteiger partial charge in [-0.1, -0.05) is 36.0 Å². The van der Waals surface area contributed by atoms with E-state index in [1.165, 1.54) is 16.7 Å². The van der Waals surface area contributed by atoms with Crippen molar-refractivity contribution in [3.8, 4) is 0 Å². The third kappa shape index (κ3) is 2.72. The van der Waals surface area contributed by atoms with E-state index in [9.17, 15) is 9.59 Å². The molecule has 1 atom stereocenters. The predicted molar refractivity (Wildman–Crippen MR) is 97.6 cm³/mol. The fraction of sp³-hybridized carbons (Fsp3) is 0.167. The van der Waals surface area contributed by atoms with Gasteiger partial charge in [-0.15, -0.1) is 11.3 Å². The molecule has 120 valence electrons. The highest BCUT2D eigenvalue weighted by Gasteiger charge is 2.40. The number of hydrogen-bond donors (Lipinski definition) is 0. The normalized spacial score (nSPS) is 17.9. The number of para-hydroxylation sites is 1. The van der Waals surface area contributed by atoms with Crippen molar-refractivity contribution in [3.05, 3.63) is 54.1 Å². The van der Waals surface area contributed by atoms with Crippen LogP contribution in [0.2, 0.25) is 0 Å². The number of fused-ring (bicyclic) bond motifs is 1. The highest BCUT2D eigenvalue weighted by Crippen LogP contribution is 2.37.